The first-order chi connectivity index (χ1) is 10.2. The molecule has 6 heteroatoms. The third kappa shape index (κ3) is 4.31. The fourth-order valence-corrected chi connectivity index (χ4v) is 3.88. The van der Waals surface area contributed by atoms with E-state index >= 15 is 0 Å². The zero-order valence-electron chi connectivity index (χ0n) is 13.3. The van der Waals surface area contributed by atoms with E-state index in [1.807, 2.05) is 19.0 Å². The summed E-state index contributed by atoms with van der Waals surface area (Å²) in [6, 6.07) is 0. The number of aromatic nitrogens is 1. The maximum absolute atomic E-state index is 9.46. The Bertz CT molecular complexity index is 437. The highest BCUT2D eigenvalue weighted by Gasteiger charge is 2.24. The van der Waals surface area contributed by atoms with Gasteiger partial charge in [0.15, 0.2) is 5.13 Å². The molecular weight excluding hydrogens is 286 g/mol. The number of hydrogen-bond acceptors (Lipinski definition) is 6. The molecule has 1 aromatic rings. The van der Waals surface area contributed by atoms with E-state index in [2.05, 4.69) is 10.3 Å². The highest BCUT2D eigenvalue weighted by molar-refractivity contribution is 7.15. The molecule has 120 valence electrons. The lowest BCUT2D eigenvalue weighted by atomic mass is 9.79. The maximum Gasteiger partial charge on any atom is 0.230 e. The molecule has 21 heavy (non-hydrogen) atoms. The predicted octanol–water partition coefficient (Wildman–Crippen LogP) is 2.11. The van der Waals surface area contributed by atoms with Crippen LogP contribution in [0.3, 0.4) is 0 Å². The second-order valence-electron chi connectivity index (χ2n) is 5.94. The summed E-state index contributed by atoms with van der Waals surface area (Å²) in [4.78, 5) is 7.60. The summed E-state index contributed by atoms with van der Waals surface area (Å²) in [5.74, 6) is 1.78. The van der Waals surface area contributed by atoms with Gasteiger partial charge in [0.05, 0.1) is 12.0 Å². The van der Waals surface area contributed by atoms with Gasteiger partial charge in [-0.2, -0.15) is 4.98 Å². The largest absolute Gasteiger partial charge is 0.480 e. The zero-order chi connectivity index (χ0) is 15.2. The normalized spacial score (nSPS) is 22.3. The summed E-state index contributed by atoms with van der Waals surface area (Å²) in [6.07, 6.45) is 4.94. The first-order valence-electron chi connectivity index (χ1n) is 7.68. The number of hydrogen-bond donors (Lipinski definition) is 2. The van der Waals surface area contributed by atoms with E-state index in [1.54, 1.807) is 18.4 Å². The van der Waals surface area contributed by atoms with Crippen LogP contribution in [0.4, 0.5) is 5.13 Å². The number of aliphatic hydroxyl groups excluding tert-OH is 1. The summed E-state index contributed by atoms with van der Waals surface area (Å²) in [5, 5.41) is 14.0. The number of methoxy groups -OCH3 is 1. The van der Waals surface area contributed by atoms with Crippen LogP contribution in [0.25, 0.3) is 0 Å². The molecule has 2 N–H and O–H groups in total. The van der Waals surface area contributed by atoms with Crippen LogP contribution in [0.2, 0.25) is 0 Å². The number of anilines is 1. The molecular formula is C15H27N3O2S. The topological polar surface area (TPSA) is 57.6 Å². The van der Waals surface area contributed by atoms with Crippen LogP contribution in [0.15, 0.2) is 0 Å². The van der Waals surface area contributed by atoms with Crippen molar-refractivity contribution in [1.82, 2.24) is 10.3 Å². The highest BCUT2D eigenvalue weighted by Crippen LogP contribution is 2.31. The van der Waals surface area contributed by atoms with E-state index < -0.39 is 0 Å². The van der Waals surface area contributed by atoms with Gasteiger partial charge in [-0.1, -0.05) is 24.2 Å². The highest BCUT2D eigenvalue weighted by atomic mass is 32.1. The van der Waals surface area contributed by atoms with Crippen LogP contribution in [0.1, 0.15) is 30.6 Å². The van der Waals surface area contributed by atoms with E-state index in [-0.39, 0.29) is 0 Å². The summed E-state index contributed by atoms with van der Waals surface area (Å²) in [6.45, 7) is 2.06. The summed E-state index contributed by atoms with van der Waals surface area (Å²) in [5.41, 5.74) is 0. The van der Waals surface area contributed by atoms with Crippen molar-refractivity contribution in [2.75, 3.05) is 39.3 Å². The Balaban J connectivity index is 1.87. The maximum atomic E-state index is 9.46. The first kappa shape index (κ1) is 16.5. The molecule has 0 spiro atoms. The smallest absolute Gasteiger partial charge is 0.230 e. The monoisotopic (exact) mass is 313 g/mol. The quantitative estimate of drug-likeness (QED) is 0.807. The van der Waals surface area contributed by atoms with Crippen LogP contribution in [-0.2, 0) is 6.54 Å². The molecule has 0 aliphatic heterocycles. The van der Waals surface area contributed by atoms with Crippen LogP contribution in [-0.4, -0.2) is 44.4 Å². The number of nitrogens with zero attached hydrogens (tertiary/aromatic N) is 2. The first-order valence-corrected chi connectivity index (χ1v) is 8.50. The van der Waals surface area contributed by atoms with Gasteiger partial charge in [-0.15, -0.1) is 0 Å². The van der Waals surface area contributed by atoms with Gasteiger partial charge in [-0.25, -0.2) is 0 Å². The third-order valence-electron chi connectivity index (χ3n) is 4.22. The van der Waals surface area contributed by atoms with E-state index in [4.69, 9.17) is 4.74 Å². The molecule has 0 amide bonds. The van der Waals surface area contributed by atoms with Crippen molar-refractivity contribution in [1.29, 1.82) is 0 Å². The van der Waals surface area contributed by atoms with Gasteiger partial charge in [0.25, 0.3) is 0 Å². The number of aliphatic hydroxyl groups is 1. The lowest BCUT2D eigenvalue weighted by Crippen LogP contribution is -2.32. The van der Waals surface area contributed by atoms with Crippen molar-refractivity contribution in [2.24, 2.45) is 11.8 Å². The van der Waals surface area contributed by atoms with Gasteiger partial charge in [-0.3, -0.25) is 0 Å². The van der Waals surface area contributed by atoms with Crippen molar-refractivity contribution in [3.63, 3.8) is 0 Å². The molecule has 2 unspecified atom stereocenters. The van der Waals surface area contributed by atoms with E-state index in [0.29, 0.717) is 18.4 Å². The minimum atomic E-state index is 0.320. The second-order valence-corrected chi connectivity index (χ2v) is 7.00. The fraction of sp³-hybridized carbons (Fsp3) is 0.800. The number of ether oxygens (including phenoxy) is 1. The van der Waals surface area contributed by atoms with Gasteiger partial charge in [-0.05, 0) is 31.2 Å². The average Bonchev–Trinajstić information content (AvgIpc) is 2.91. The Hall–Kier alpha value is -0.850. The Morgan fingerprint density at radius 2 is 2.05 bits per heavy atom. The SMILES string of the molecule is COc1nc(N(C)C)sc1CNCC1CCCCC1CO. The van der Waals surface area contributed by atoms with Crippen LogP contribution in [0.5, 0.6) is 5.88 Å². The van der Waals surface area contributed by atoms with E-state index in [1.165, 1.54) is 19.3 Å². The number of nitrogens with one attached hydrogen (secondary N) is 1. The summed E-state index contributed by atoms with van der Waals surface area (Å²) < 4.78 is 5.35. The molecule has 1 saturated carbocycles. The third-order valence-corrected chi connectivity index (χ3v) is 5.42. The molecule has 1 aliphatic carbocycles. The molecule has 1 fully saturated rings. The van der Waals surface area contributed by atoms with Crippen molar-refractivity contribution in [2.45, 2.75) is 32.2 Å². The molecule has 1 aromatic heterocycles. The van der Waals surface area contributed by atoms with Crippen LogP contribution in [0, 0.1) is 11.8 Å². The molecule has 5 nitrogen and oxygen atoms in total. The molecule has 0 radical (unpaired) electrons. The minimum Gasteiger partial charge on any atom is -0.480 e. The Kier molecular flexibility index (Phi) is 6.26. The Morgan fingerprint density at radius 3 is 2.67 bits per heavy atom. The predicted molar refractivity (Wildman–Crippen MR) is 87.2 cm³/mol. The molecule has 1 heterocycles. The molecule has 1 aliphatic rings. The van der Waals surface area contributed by atoms with Crippen molar-refractivity contribution in [3.8, 4) is 5.88 Å². The van der Waals surface area contributed by atoms with Gasteiger partial charge in [0.1, 0.15) is 0 Å². The molecule has 0 bridgehead atoms. The van der Waals surface area contributed by atoms with Crippen molar-refractivity contribution in [3.05, 3.63) is 4.88 Å². The van der Waals surface area contributed by atoms with E-state index in [9.17, 15) is 5.11 Å². The standard InChI is InChI=1S/C15H27N3O2S/c1-18(2)15-17-14(20-3)13(21-15)9-16-8-11-6-4-5-7-12(11)10-19/h11-12,16,19H,4-10H2,1-3H3. The van der Waals surface area contributed by atoms with Gasteiger partial charge in [0.2, 0.25) is 5.88 Å². The fourth-order valence-electron chi connectivity index (χ4n) is 2.95. The molecule has 0 saturated heterocycles. The number of thiazole rings is 1. The lowest BCUT2D eigenvalue weighted by Gasteiger charge is -2.30. The summed E-state index contributed by atoms with van der Waals surface area (Å²) in [7, 11) is 5.65. The minimum absolute atomic E-state index is 0.320. The average molecular weight is 313 g/mol. The Morgan fingerprint density at radius 1 is 1.33 bits per heavy atom. The second kappa shape index (κ2) is 7.96. The van der Waals surface area contributed by atoms with E-state index in [0.717, 1.165) is 35.4 Å². The summed E-state index contributed by atoms with van der Waals surface area (Å²) >= 11 is 1.66. The van der Waals surface area contributed by atoms with Gasteiger partial charge < -0.3 is 20.1 Å². The molecule has 0 aromatic carbocycles. The van der Waals surface area contributed by atoms with Crippen LogP contribution >= 0.6 is 11.3 Å². The lowest BCUT2D eigenvalue weighted by molar-refractivity contribution is 0.133. The van der Waals surface area contributed by atoms with Gasteiger partial charge >= 0.3 is 0 Å². The number of rotatable bonds is 7. The molecule has 2 atom stereocenters. The Labute approximate surface area is 131 Å². The van der Waals surface area contributed by atoms with Crippen LogP contribution < -0.4 is 15.0 Å². The van der Waals surface area contributed by atoms with Gasteiger partial charge in [0, 0.05) is 27.2 Å². The molecule has 2 rings (SSSR count). The van der Waals surface area contributed by atoms with Crippen molar-refractivity contribution < 1.29 is 9.84 Å². The van der Waals surface area contributed by atoms with Crippen molar-refractivity contribution >= 4 is 16.5 Å². The zero-order valence-corrected chi connectivity index (χ0v) is 14.1.